The van der Waals surface area contributed by atoms with Crippen molar-refractivity contribution >= 4 is 11.6 Å². The molecule has 2 atom stereocenters. The molecule has 0 saturated heterocycles. The Hall–Kier alpha value is -1.71. The summed E-state index contributed by atoms with van der Waals surface area (Å²) in [6, 6.07) is 6.95. The number of nitrogens with two attached hydrogens (primary N) is 1. The zero-order valence-electron chi connectivity index (χ0n) is 7.51. The first kappa shape index (κ1) is 8.87. The summed E-state index contributed by atoms with van der Waals surface area (Å²) < 4.78 is 0. The van der Waals surface area contributed by atoms with Crippen molar-refractivity contribution in [2.45, 2.75) is 12.3 Å². The van der Waals surface area contributed by atoms with Gasteiger partial charge in [0.15, 0.2) is 0 Å². The molecule has 4 heteroatoms. The van der Waals surface area contributed by atoms with E-state index in [2.05, 4.69) is 5.18 Å². The summed E-state index contributed by atoms with van der Waals surface area (Å²) in [7, 11) is 0. The number of amides is 1. The molecule has 1 amide bonds. The number of benzene rings is 1. The van der Waals surface area contributed by atoms with Crippen LogP contribution in [-0.4, -0.2) is 5.91 Å². The summed E-state index contributed by atoms with van der Waals surface area (Å²) in [5, 5.41) is 2.80. The van der Waals surface area contributed by atoms with Crippen LogP contribution in [-0.2, 0) is 4.79 Å². The minimum absolute atomic E-state index is 0.0231. The number of hydrogen-bond donors (Lipinski definition) is 1. The van der Waals surface area contributed by atoms with Crippen LogP contribution in [0.2, 0.25) is 0 Å². The minimum Gasteiger partial charge on any atom is -0.369 e. The topological polar surface area (TPSA) is 72.5 Å². The summed E-state index contributed by atoms with van der Waals surface area (Å²) in [5.74, 6) is -0.0224. The summed E-state index contributed by atoms with van der Waals surface area (Å²) >= 11 is 0. The molecule has 0 aromatic heterocycles. The lowest BCUT2D eigenvalue weighted by Crippen LogP contribution is -2.13. The first-order chi connectivity index (χ1) is 6.72. The lowest BCUT2D eigenvalue weighted by molar-refractivity contribution is -0.119. The molecule has 72 valence electrons. The SMILES string of the molecule is NC(=O)C1CC1c1ccc(N=O)cc1. The van der Waals surface area contributed by atoms with Crippen molar-refractivity contribution in [3.8, 4) is 0 Å². The van der Waals surface area contributed by atoms with Crippen LogP contribution in [0.5, 0.6) is 0 Å². The van der Waals surface area contributed by atoms with Crippen molar-refractivity contribution in [1.29, 1.82) is 0 Å². The van der Waals surface area contributed by atoms with Crippen LogP contribution < -0.4 is 5.73 Å². The Labute approximate surface area is 81.1 Å². The van der Waals surface area contributed by atoms with Crippen LogP contribution in [0, 0.1) is 10.8 Å². The lowest BCUT2D eigenvalue weighted by Gasteiger charge is -1.97. The molecule has 1 fully saturated rings. The van der Waals surface area contributed by atoms with Crippen molar-refractivity contribution in [2.75, 3.05) is 0 Å². The number of carbonyl (C=O) groups is 1. The van der Waals surface area contributed by atoms with E-state index in [0.717, 1.165) is 12.0 Å². The van der Waals surface area contributed by atoms with Gasteiger partial charge >= 0.3 is 0 Å². The monoisotopic (exact) mass is 190 g/mol. The van der Waals surface area contributed by atoms with E-state index in [0.29, 0.717) is 5.69 Å². The van der Waals surface area contributed by atoms with E-state index in [-0.39, 0.29) is 17.7 Å². The average molecular weight is 190 g/mol. The number of carbonyl (C=O) groups excluding carboxylic acids is 1. The van der Waals surface area contributed by atoms with E-state index in [1.165, 1.54) is 0 Å². The van der Waals surface area contributed by atoms with E-state index < -0.39 is 0 Å². The zero-order chi connectivity index (χ0) is 10.1. The van der Waals surface area contributed by atoms with E-state index >= 15 is 0 Å². The summed E-state index contributed by atoms with van der Waals surface area (Å²) in [6.45, 7) is 0. The predicted octanol–water partition coefficient (Wildman–Crippen LogP) is 1.67. The van der Waals surface area contributed by atoms with Crippen LogP contribution >= 0.6 is 0 Å². The first-order valence-corrected chi connectivity index (χ1v) is 4.45. The Morgan fingerprint density at radius 1 is 1.36 bits per heavy atom. The predicted molar refractivity (Wildman–Crippen MR) is 51.9 cm³/mol. The third-order valence-corrected chi connectivity index (χ3v) is 2.58. The highest BCUT2D eigenvalue weighted by Gasteiger charge is 2.42. The van der Waals surface area contributed by atoms with E-state index in [4.69, 9.17) is 5.73 Å². The van der Waals surface area contributed by atoms with Gasteiger partial charge in [-0.05, 0) is 35.2 Å². The van der Waals surface area contributed by atoms with E-state index in [1.54, 1.807) is 12.1 Å². The fraction of sp³-hybridized carbons (Fsp3) is 0.300. The van der Waals surface area contributed by atoms with E-state index in [1.807, 2.05) is 12.1 Å². The maximum atomic E-state index is 10.8. The highest BCUT2D eigenvalue weighted by Crippen LogP contribution is 2.47. The summed E-state index contributed by atoms with van der Waals surface area (Å²) in [4.78, 5) is 21.0. The lowest BCUT2D eigenvalue weighted by atomic mass is 10.1. The molecule has 0 aliphatic heterocycles. The van der Waals surface area contributed by atoms with Gasteiger partial charge in [-0.25, -0.2) is 0 Å². The number of nitroso groups, excluding NO2 is 1. The smallest absolute Gasteiger partial charge is 0.221 e. The maximum Gasteiger partial charge on any atom is 0.221 e. The van der Waals surface area contributed by atoms with Gasteiger partial charge < -0.3 is 5.73 Å². The van der Waals surface area contributed by atoms with Crippen molar-refractivity contribution in [3.05, 3.63) is 34.7 Å². The second-order valence-electron chi connectivity index (χ2n) is 3.53. The highest BCUT2D eigenvalue weighted by molar-refractivity contribution is 5.81. The Kier molecular flexibility index (Phi) is 2.04. The van der Waals surface area contributed by atoms with Gasteiger partial charge in [-0.2, -0.15) is 0 Å². The molecular weight excluding hydrogens is 180 g/mol. The number of nitrogens with zero attached hydrogens (tertiary/aromatic N) is 1. The third kappa shape index (κ3) is 1.51. The first-order valence-electron chi connectivity index (χ1n) is 4.45. The number of hydrogen-bond acceptors (Lipinski definition) is 3. The van der Waals surface area contributed by atoms with Crippen LogP contribution in [0.25, 0.3) is 0 Å². The fourth-order valence-electron chi connectivity index (χ4n) is 1.66. The van der Waals surface area contributed by atoms with Crippen molar-refractivity contribution in [3.63, 3.8) is 0 Å². The molecule has 2 rings (SSSR count). The van der Waals surface area contributed by atoms with Gasteiger partial charge in [0.2, 0.25) is 5.91 Å². The van der Waals surface area contributed by atoms with E-state index in [9.17, 15) is 9.70 Å². The van der Waals surface area contributed by atoms with Crippen molar-refractivity contribution < 1.29 is 4.79 Å². The van der Waals surface area contributed by atoms with Gasteiger partial charge in [-0.3, -0.25) is 4.79 Å². The largest absolute Gasteiger partial charge is 0.369 e. The molecule has 0 spiro atoms. The Morgan fingerprint density at radius 2 is 2.00 bits per heavy atom. The molecule has 0 radical (unpaired) electrons. The molecule has 1 saturated carbocycles. The molecule has 1 aromatic carbocycles. The van der Waals surface area contributed by atoms with Crippen LogP contribution in [0.3, 0.4) is 0 Å². The van der Waals surface area contributed by atoms with Gasteiger partial charge in [-0.1, -0.05) is 12.1 Å². The maximum absolute atomic E-state index is 10.8. The molecule has 0 heterocycles. The molecule has 1 aromatic rings. The van der Waals surface area contributed by atoms with Gasteiger partial charge in [-0.15, -0.1) is 4.91 Å². The molecular formula is C10H10N2O2. The normalized spacial score (nSPS) is 24.3. The second-order valence-corrected chi connectivity index (χ2v) is 3.53. The molecule has 2 unspecified atom stereocenters. The fourth-order valence-corrected chi connectivity index (χ4v) is 1.66. The minimum atomic E-state index is -0.243. The molecule has 14 heavy (non-hydrogen) atoms. The standard InChI is InChI=1S/C10H10N2O2/c11-10(13)9-5-8(9)6-1-3-7(12-14)4-2-6/h1-4,8-9H,5H2,(H2,11,13). The molecule has 1 aliphatic carbocycles. The third-order valence-electron chi connectivity index (χ3n) is 2.58. The Morgan fingerprint density at radius 3 is 2.43 bits per heavy atom. The molecule has 1 aliphatic rings. The zero-order valence-corrected chi connectivity index (χ0v) is 7.51. The molecule has 0 bridgehead atoms. The van der Waals surface area contributed by atoms with Gasteiger partial charge in [0.05, 0.1) is 0 Å². The van der Waals surface area contributed by atoms with Crippen LogP contribution in [0.15, 0.2) is 29.4 Å². The van der Waals surface area contributed by atoms with Crippen LogP contribution in [0.4, 0.5) is 5.69 Å². The summed E-state index contributed by atoms with van der Waals surface area (Å²) in [5.41, 5.74) is 6.64. The number of primary amides is 1. The number of rotatable bonds is 3. The van der Waals surface area contributed by atoms with Crippen molar-refractivity contribution in [2.24, 2.45) is 16.8 Å². The Bertz CT molecular complexity index is 372. The second kappa shape index (κ2) is 3.21. The molecule has 4 nitrogen and oxygen atoms in total. The highest BCUT2D eigenvalue weighted by atomic mass is 16.3. The van der Waals surface area contributed by atoms with Crippen molar-refractivity contribution in [1.82, 2.24) is 0 Å². The quantitative estimate of drug-likeness (QED) is 0.736. The van der Waals surface area contributed by atoms with Gasteiger partial charge in [0, 0.05) is 5.92 Å². The average Bonchev–Trinajstić information content (AvgIpc) is 2.97. The Balaban J connectivity index is 2.12. The summed E-state index contributed by atoms with van der Waals surface area (Å²) in [6.07, 6.45) is 0.823. The van der Waals surface area contributed by atoms with Crippen LogP contribution in [0.1, 0.15) is 17.9 Å². The van der Waals surface area contributed by atoms with Gasteiger partial charge in [0.25, 0.3) is 0 Å². The van der Waals surface area contributed by atoms with Gasteiger partial charge in [0.1, 0.15) is 5.69 Å². The molecule has 2 N–H and O–H groups in total.